The monoisotopic (exact) mass is 345 g/mol. The molecule has 2 atom stereocenters. The van der Waals surface area contributed by atoms with Gasteiger partial charge in [-0.25, -0.2) is 8.42 Å². The molecule has 0 aliphatic carbocycles. The highest BCUT2D eigenvalue weighted by atomic mass is 32.2. The van der Waals surface area contributed by atoms with Gasteiger partial charge in [-0.3, -0.25) is 0 Å². The summed E-state index contributed by atoms with van der Waals surface area (Å²) in [5.41, 5.74) is 3.16. The number of hydrogen-bond donors (Lipinski definition) is 0. The van der Waals surface area contributed by atoms with E-state index in [1.165, 1.54) is 0 Å². The molecule has 0 N–H and O–H groups in total. The van der Waals surface area contributed by atoms with E-state index in [9.17, 15) is 8.42 Å². The van der Waals surface area contributed by atoms with Crippen LogP contribution in [0.2, 0.25) is 0 Å². The van der Waals surface area contributed by atoms with Gasteiger partial charge in [-0.05, 0) is 25.0 Å². The SMILES string of the molecule is Cc1ccc(CN2[C@H](C)[C@H](c3ccccc3)OCCS2(=O)=O)cc1. The van der Waals surface area contributed by atoms with Crippen LogP contribution in [0.4, 0.5) is 0 Å². The Morgan fingerprint density at radius 1 is 1.08 bits per heavy atom. The van der Waals surface area contributed by atoms with Gasteiger partial charge in [-0.1, -0.05) is 60.2 Å². The minimum Gasteiger partial charge on any atom is -0.371 e. The molecule has 1 fully saturated rings. The van der Waals surface area contributed by atoms with E-state index >= 15 is 0 Å². The molecule has 24 heavy (non-hydrogen) atoms. The summed E-state index contributed by atoms with van der Waals surface area (Å²) in [4.78, 5) is 0. The molecular weight excluding hydrogens is 322 g/mol. The highest BCUT2D eigenvalue weighted by molar-refractivity contribution is 7.89. The first kappa shape index (κ1) is 17.1. The molecule has 1 saturated heterocycles. The van der Waals surface area contributed by atoms with Crippen LogP contribution in [0.1, 0.15) is 29.7 Å². The van der Waals surface area contributed by atoms with Gasteiger partial charge in [0.25, 0.3) is 0 Å². The first-order chi connectivity index (χ1) is 11.5. The van der Waals surface area contributed by atoms with E-state index in [1.807, 2.05) is 68.4 Å². The van der Waals surface area contributed by atoms with Gasteiger partial charge in [0.15, 0.2) is 0 Å². The molecule has 0 spiro atoms. The average Bonchev–Trinajstić information content (AvgIpc) is 2.68. The normalized spacial score (nSPS) is 24.4. The summed E-state index contributed by atoms with van der Waals surface area (Å²) < 4.78 is 32.9. The van der Waals surface area contributed by atoms with Crippen molar-refractivity contribution in [2.75, 3.05) is 12.4 Å². The van der Waals surface area contributed by atoms with E-state index in [0.717, 1.165) is 16.7 Å². The average molecular weight is 345 g/mol. The molecule has 1 aliphatic heterocycles. The van der Waals surface area contributed by atoms with Crippen LogP contribution >= 0.6 is 0 Å². The maximum Gasteiger partial charge on any atom is 0.217 e. The van der Waals surface area contributed by atoms with E-state index < -0.39 is 10.0 Å². The lowest BCUT2D eigenvalue weighted by Crippen LogP contribution is -2.40. The quantitative estimate of drug-likeness (QED) is 0.857. The van der Waals surface area contributed by atoms with Crippen molar-refractivity contribution in [1.29, 1.82) is 0 Å². The molecule has 0 unspecified atom stereocenters. The van der Waals surface area contributed by atoms with E-state index in [4.69, 9.17) is 4.74 Å². The zero-order valence-corrected chi connectivity index (χ0v) is 14.9. The van der Waals surface area contributed by atoms with Gasteiger partial charge in [0.05, 0.1) is 24.5 Å². The summed E-state index contributed by atoms with van der Waals surface area (Å²) >= 11 is 0. The molecule has 0 aromatic heterocycles. The number of benzene rings is 2. The molecule has 2 aromatic rings. The number of rotatable bonds is 3. The van der Waals surface area contributed by atoms with Gasteiger partial charge in [-0.2, -0.15) is 4.31 Å². The van der Waals surface area contributed by atoms with Crippen molar-refractivity contribution in [3.63, 3.8) is 0 Å². The molecule has 128 valence electrons. The fourth-order valence-electron chi connectivity index (χ4n) is 3.07. The van der Waals surface area contributed by atoms with E-state index in [2.05, 4.69) is 0 Å². The lowest BCUT2D eigenvalue weighted by atomic mass is 10.0. The van der Waals surface area contributed by atoms with Crippen molar-refractivity contribution in [2.45, 2.75) is 32.5 Å². The third kappa shape index (κ3) is 3.69. The maximum atomic E-state index is 12.7. The van der Waals surface area contributed by atoms with Crippen LogP contribution in [0.3, 0.4) is 0 Å². The Morgan fingerprint density at radius 2 is 1.75 bits per heavy atom. The van der Waals surface area contributed by atoms with Gasteiger partial charge in [0.2, 0.25) is 10.0 Å². The summed E-state index contributed by atoms with van der Waals surface area (Å²) in [5, 5.41) is 0. The largest absolute Gasteiger partial charge is 0.371 e. The third-order valence-corrected chi connectivity index (χ3v) is 6.33. The Hall–Kier alpha value is -1.69. The number of ether oxygens (including phenoxy) is 1. The molecule has 1 heterocycles. The fraction of sp³-hybridized carbons (Fsp3) is 0.368. The van der Waals surface area contributed by atoms with Crippen LogP contribution in [0, 0.1) is 6.92 Å². The molecular formula is C19H23NO3S. The second kappa shape index (κ2) is 7.05. The first-order valence-corrected chi connectivity index (χ1v) is 9.80. The molecule has 0 amide bonds. The van der Waals surface area contributed by atoms with E-state index in [-0.39, 0.29) is 24.5 Å². The van der Waals surface area contributed by atoms with Gasteiger partial charge < -0.3 is 4.74 Å². The highest BCUT2D eigenvalue weighted by Crippen LogP contribution is 2.30. The van der Waals surface area contributed by atoms with Crippen molar-refractivity contribution in [1.82, 2.24) is 4.31 Å². The van der Waals surface area contributed by atoms with Crippen LogP contribution in [0.15, 0.2) is 54.6 Å². The Labute approximate surface area is 144 Å². The minimum absolute atomic E-state index is 0.0204. The second-order valence-electron chi connectivity index (χ2n) is 6.29. The van der Waals surface area contributed by atoms with Crippen LogP contribution in [0.5, 0.6) is 0 Å². The molecule has 4 nitrogen and oxygen atoms in total. The highest BCUT2D eigenvalue weighted by Gasteiger charge is 2.36. The minimum atomic E-state index is -3.35. The van der Waals surface area contributed by atoms with Crippen molar-refractivity contribution in [3.8, 4) is 0 Å². The van der Waals surface area contributed by atoms with Crippen LogP contribution in [-0.4, -0.2) is 31.1 Å². The van der Waals surface area contributed by atoms with Crippen LogP contribution in [0.25, 0.3) is 0 Å². The maximum absolute atomic E-state index is 12.7. The van der Waals surface area contributed by atoms with Crippen molar-refractivity contribution < 1.29 is 13.2 Å². The summed E-state index contributed by atoms with van der Waals surface area (Å²) in [6.07, 6.45) is -0.256. The Kier molecular flexibility index (Phi) is 5.04. The second-order valence-corrected chi connectivity index (χ2v) is 8.33. The van der Waals surface area contributed by atoms with Gasteiger partial charge in [-0.15, -0.1) is 0 Å². The Morgan fingerprint density at radius 3 is 2.42 bits per heavy atom. The zero-order valence-electron chi connectivity index (χ0n) is 14.1. The lowest BCUT2D eigenvalue weighted by molar-refractivity contribution is 0.0269. The predicted octanol–water partition coefficient (Wildman–Crippen LogP) is 3.29. The third-order valence-electron chi connectivity index (χ3n) is 4.48. The summed E-state index contributed by atoms with van der Waals surface area (Å²) in [6, 6.07) is 17.6. The summed E-state index contributed by atoms with van der Waals surface area (Å²) in [7, 11) is -3.35. The van der Waals surface area contributed by atoms with Crippen LogP contribution in [-0.2, 0) is 21.3 Å². The summed E-state index contributed by atoms with van der Waals surface area (Å²) in [5.74, 6) is 0.0204. The number of nitrogens with zero attached hydrogens (tertiary/aromatic N) is 1. The smallest absolute Gasteiger partial charge is 0.217 e. The molecule has 0 bridgehead atoms. The number of sulfonamides is 1. The Balaban J connectivity index is 1.92. The number of aryl methyl sites for hydroxylation is 1. The summed E-state index contributed by atoms with van der Waals surface area (Å²) in [6.45, 7) is 4.54. The molecule has 2 aromatic carbocycles. The Bertz CT molecular complexity index is 772. The lowest BCUT2D eigenvalue weighted by Gasteiger charge is -2.30. The van der Waals surface area contributed by atoms with Crippen LogP contribution < -0.4 is 0 Å². The molecule has 0 saturated carbocycles. The topological polar surface area (TPSA) is 46.6 Å². The van der Waals surface area contributed by atoms with Gasteiger partial charge >= 0.3 is 0 Å². The van der Waals surface area contributed by atoms with Crippen molar-refractivity contribution in [3.05, 3.63) is 71.3 Å². The fourth-order valence-corrected chi connectivity index (χ4v) is 4.58. The van der Waals surface area contributed by atoms with Gasteiger partial charge in [0.1, 0.15) is 0 Å². The first-order valence-electron chi connectivity index (χ1n) is 8.19. The predicted molar refractivity (Wildman–Crippen MR) is 95.1 cm³/mol. The van der Waals surface area contributed by atoms with E-state index in [1.54, 1.807) is 4.31 Å². The molecule has 1 aliphatic rings. The molecule has 3 rings (SSSR count). The number of hydrogen-bond acceptors (Lipinski definition) is 3. The van der Waals surface area contributed by atoms with E-state index in [0.29, 0.717) is 6.54 Å². The molecule has 5 heteroatoms. The molecule has 0 radical (unpaired) electrons. The van der Waals surface area contributed by atoms with Crippen molar-refractivity contribution in [2.24, 2.45) is 0 Å². The standard InChI is InChI=1S/C19H23NO3S/c1-15-8-10-17(11-9-15)14-20-16(2)19(18-6-4-3-5-7-18)23-12-13-24(20,21)22/h3-11,16,19H,12-14H2,1-2H3/t16-,19-/m1/s1. The van der Waals surface area contributed by atoms with Crippen molar-refractivity contribution >= 4 is 10.0 Å². The van der Waals surface area contributed by atoms with Gasteiger partial charge in [0, 0.05) is 6.54 Å². The zero-order chi connectivity index (χ0) is 17.2.